The Hall–Kier alpha value is -2.99. The largest absolute Gasteiger partial charge is 0.462 e. The summed E-state index contributed by atoms with van der Waals surface area (Å²) in [5, 5.41) is 5.09. The van der Waals surface area contributed by atoms with Gasteiger partial charge in [0.25, 0.3) is 5.91 Å². The average Bonchev–Trinajstić information content (AvgIpc) is 3.17. The molecule has 1 aliphatic carbocycles. The fraction of sp³-hybridized carbons (Fsp3) is 0.250. The highest BCUT2D eigenvalue weighted by Gasteiger charge is 2.24. The molecule has 1 aliphatic rings. The van der Waals surface area contributed by atoms with Gasteiger partial charge in [0.05, 0.1) is 6.61 Å². The molecule has 30 heavy (non-hydrogen) atoms. The number of carbonyl (C=O) groups excluding carboxylic acids is 2. The van der Waals surface area contributed by atoms with Crippen LogP contribution in [0.1, 0.15) is 51.6 Å². The van der Waals surface area contributed by atoms with Gasteiger partial charge in [-0.25, -0.2) is 9.18 Å². The predicted molar refractivity (Wildman–Crippen MR) is 117 cm³/mol. The van der Waals surface area contributed by atoms with Crippen LogP contribution in [0.2, 0.25) is 0 Å². The SMILES string of the molecule is CCOC(=O)c1c(-c2ccc3c(c2)CCCC3)csc1NC(=O)c1ccc(F)cc1. The third kappa shape index (κ3) is 4.14. The minimum Gasteiger partial charge on any atom is -0.462 e. The molecule has 1 aromatic heterocycles. The van der Waals surface area contributed by atoms with Crippen LogP contribution in [0.4, 0.5) is 9.39 Å². The molecule has 0 aliphatic heterocycles. The molecule has 0 fully saturated rings. The highest BCUT2D eigenvalue weighted by atomic mass is 32.1. The minimum absolute atomic E-state index is 0.240. The molecule has 1 N–H and O–H groups in total. The monoisotopic (exact) mass is 423 g/mol. The Morgan fingerprint density at radius 1 is 1.07 bits per heavy atom. The topological polar surface area (TPSA) is 55.4 Å². The number of nitrogens with one attached hydrogen (secondary N) is 1. The molecule has 4 nitrogen and oxygen atoms in total. The fourth-order valence-electron chi connectivity index (χ4n) is 3.75. The lowest BCUT2D eigenvalue weighted by molar-refractivity contribution is 0.0529. The molecule has 1 heterocycles. The second kappa shape index (κ2) is 8.79. The second-order valence-corrected chi connectivity index (χ2v) is 8.11. The lowest BCUT2D eigenvalue weighted by Gasteiger charge is -2.17. The van der Waals surface area contributed by atoms with E-state index >= 15 is 0 Å². The number of ether oxygens (including phenoxy) is 1. The van der Waals surface area contributed by atoms with Crippen LogP contribution in [-0.2, 0) is 17.6 Å². The highest BCUT2D eigenvalue weighted by Crippen LogP contribution is 2.38. The number of hydrogen-bond acceptors (Lipinski definition) is 4. The number of amides is 1. The molecule has 0 radical (unpaired) electrons. The van der Waals surface area contributed by atoms with E-state index in [2.05, 4.69) is 17.4 Å². The van der Waals surface area contributed by atoms with Gasteiger partial charge in [0.2, 0.25) is 0 Å². The summed E-state index contributed by atoms with van der Waals surface area (Å²) in [6, 6.07) is 11.6. The second-order valence-electron chi connectivity index (χ2n) is 7.23. The van der Waals surface area contributed by atoms with Crippen molar-refractivity contribution in [2.45, 2.75) is 32.6 Å². The maximum Gasteiger partial charge on any atom is 0.341 e. The first-order valence-electron chi connectivity index (χ1n) is 10.0. The van der Waals surface area contributed by atoms with Crippen molar-refractivity contribution in [1.29, 1.82) is 0 Å². The third-order valence-corrected chi connectivity index (χ3v) is 6.16. The van der Waals surface area contributed by atoms with Gasteiger partial charge in [-0.05, 0) is 73.6 Å². The van der Waals surface area contributed by atoms with Gasteiger partial charge in [0.1, 0.15) is 16.4 Å². The number of aryl methyl sites for hydroxylation is 2. The molecule has 4 rings (SSSR count). The number of esters is 1. The number of halogens is 1. The van der Waals surface area contributed by atoms with Crippen molar-refractivity contribution in [3.8, 4) is 11.1 Å². The molecule has 0 bridgehead atoms. The van der Waals surface area contributed by atoms with Crippen LogP contribution in [-0.4, -0.2) is 18.5 Å². The zero-order chi connectivity index (χ0) is 21.1. The van der Waals surface area contributed by atoms with Crippen molar-refractivity contribution in [2.24, 2.45) is 0 Å². The van der Waals surface area contributed by atoms with E-state index in [1.54, 1.807) is 6.92 Å². The molecular weight excluding hydrogens is 401 g/mol. The Balaban J connectivity index is 1.70. The maximum atomic E-state index is 13.2. The van der Waals surface area contributed by atoms with Crippen molar-refractivity contribution in [2.75, 3.05) is 11.9 Å². The van der Waals surface area contributed by atoms with Crippen LogP contribution in [0.15, 0.2) is 47.8 Å². The normalized spacial score (nSPS) is 12.9. The maximum absolute atomic E-state index is 13.2. The number of carbonyl (C=O) groups is 2. The Morgan fingerprint density at radius 3 is 2.53 bits per heavy atom. The molecule has 0 spiro atoms. The molecule has 1 amide bonds. The average molecular weight is 424 g/mol. The van der Waals surface area contributed by atoms with Gasteiger partial charge in [0.15, 0.2) is 0 Å². The molecule has 6 heteroatoms. The van der Waals surface area contributed by atoms with E-state index in [1.165, 1.54) is 59.6 Å². The van der Waals surface area contributed by atoms with Crippen molar-refractivity contribution >= 4 is 28.2 Å². The summed E-state index contributed by atoms with van der Waals surface area (Å²) < 4.78 is 18.4. The molecule has 3 aromatic rings. The quantitative estimate of drug-likeness (QED) is 0.523. The number of anilines is 1. The van der Waals surface area contributed by atoms with E-state index in [9.17, 15) is 14.0 Å². The molecular formula is C24H22FNO3S. The van der Waals surface area contributed by atoms with E-state index in [-0.39, 0.29) is 6.61 Å². The van der Waals surface area contributed by atoms with Gasteiger partial charge in [-0.15, -0.1) is 11.3 Å². The van der Waals surface area contributed by atoms with Crippen molar-refractivity contribution in [3.63, 3.8) is 0 Å². The van der Waals surface area contributed by atoms with E-state index in [1.807, 2.05) is 11.4 Å². The van der Waals surface area contributed by atoms with Crippen LogP contribution in [0, 0.1) is 5.82 Å². The first-order valence-corrected chi connectivity index (χ1v) is 10.9. The Bertz CT molecular complexity index is 1090. The first-order chi connectivity index (χ1) is 14.6. The summed E-state index contributed by atoms with van der Waals surface area (Å²) in [6.07, 6.45) is 4.50. The lowest BCUT2D eigenvalue weighted by Crippen LogP contribution is -2.15. The smallest absolute Gasteiger partial charge is 0.341 e. The zero-order valence-electron chi connectivity index (χ0n) is 16.7. The number of thiophene rings is 1. The standard InChI is InChI=1S/C24H22FNO3S/c1-2-29-24(28)21-20(18-8-7-15-5-3-4-6-17(15)13-18)14-30-23(21)26-22(27)16-9-11-19(25)12-10-16/h7-14H,2-6H2,1H3,(H,26,27). The Labute approximate surface area is 178 Å². The van der Waals surface area contributed by atoms with Gasteiger partial charge in [-0.3, -0.25) is 4.79 Å². The van der Waals surface area contributed by atoms with Gasteiger partial charge < -0.3 is 10.1 Å². The van der Waals surface area contributed by atoms with Crippen LogP contribution < -0.4 is 5.32 Å². The predicted octanol–water partition coefficient (Wildman–Crippen LogP) is 5.86. The number of fused-ring (bicyclic) bond motifs is 1. The van der Waals surface area contributed by atoms with Crippen LogP contribution >= 0.6 is 11.3 Å². The molecule has 0 saturated heterocycles. The van der Waals surface area contributed by atoms with Gasteiger partial charge in [-0.1, -0.05) is 18.2 Å². The summed E-state index contributed by atoms with van der Waals surface area (Å²) >= 11 is 1.28. The number of benzene rings is 2. The summed E-state index contributed by atoms with van der Waals surface area (Å²) in [6.45, 7) is 1.99. The van der Waals surface area contributed by atoms with E-state index < -0.39 is 17.7 Å². The van der Waals surface area contributed by atoms with E-state index in [0.29, 0.717) is 16.1 Å². The third-order valence-electron chi connectivity index (χ3n) is 5.26. The van der Waals surface area contributed by atoms with Crippen LogP contribution in [0.5, 0.6) is 0 Å². The summed E-state index contributed by atoms with van der Waals surface area (Å²) in [5.74, 6) is -1.29. The summed E-state index contributed by atoms with van der Waals surface area (Å²) in [4.78, 5) is 25.4. The van der Waals surface area contributed by atoms with Gasteiger partial charge in [0, 0.05) is 16.5 Å². The molecule has 0 unspecified atom stereocenters. The highest BCUT2D eigenvalue weighted by molar-refractivity contribution is 7.15. The molecule has 154 valence electrons. The van der Waals surface area contributed by atoms with Crippen LogP contribution in [0.25, 0.3) is 11.1 Å². The fourth-order valence-corrected chi connectivity index (χ4v) is 4.70. The number of rotatable bonds is 5. The number of hydrogen-bond donors (Lipinski definition) is 1. The van der Waals surface area contributed by atoms with Crippen molar-refractivity contribution < 1.29 is 18.7 Å². The van der Waals surface area contributed by atoms with E-state index in [0.717, 1.165) is 24.0 Å². The van der Waals surface area contributed by atoms with Gasteiger partial charge in [-0.2, -0.15) is 0 Å². The molecule has 0 saturated carbocycles. The zero-order valence-corrected chi connectivity index (χ0v) is 17.5. The Morgan fingerprint density at radius 2 is 1.80 bits per heavy atom. The minimum atomic E-state index is -0.471. The van der Waals surface area contributed by atoms with Crippen LogP contribution in [0.3, 0.4) is 0 Å². The molecule has 0 atom stereocenters. The lowest BCUT2D eigenvalue weighted by atomic mass is 9.89. The first kappa shape index (κ1) is 20.3. The van der Waals surface area contributed by atoms with Crippen molar-refractivity contribution in [3.05, 3.63) is 75.9 Å². The summed E-state index contributed by atoms with van der Waals surface area (Å²) in [5.41, 5.74) is 5.04. The van der Waals surface area contributed by atoms with Gasteiger partial charge >= 0.3 is 5.97 Å². The molecule has 2 aromatic carbocycles. The van der Waals surface area contributed by atoms with Crippen molar-refractivity contribution in [1.82, 2.24) is 0 Å². The Kier molecular flexibility index (Phi) is 5.95. The van der Waals surface area contributed by atoms with E-state index in [4.69, 9.17) is 4.74 Å². The summed E-state index contributed by atoms with van der Waals surface area (Å²) in [7, 11) is 0.